The molecule has 0 N–H and O–H groups in total. The van der Waals surface area contributed by atoms with Crippen LogP contribution in [-0.2, 0) is 31.9 Å². The molecule has 0 bridgehead atoms. The number of anilines is 1. The van der Waals surface area contributed by atoms with Crippen LogP contribution in [0.5, 0.6) is 5.75 Å². The van der Waals surface area contributed by atoms with E-state index in [-0.39, 0.29) is 24.4 Å². The highest BCUT2D eigenvalue weighted by molar-refractivity contribution is 6.02. The van der Waals surface area contributed by atoms with Gasteiger partial charge in [-0.25, -0.2) is 0 Å². The minimum Gasteiger partial charge on any atom is -0.490 e. The van der Waals surface area contributed by atoms with Crippen molar-refractivity contribution in [3.05, 3.63) is 27.3 Å². The van der Waals surface area contributed by atoms with Crippen molar-refractivity contribution in [2.45, 2.75) is 19.3 Å². The summed E-state index contributed by atoms with van der Waals surface area (Å²) in [7, 11) is 3.81. The Balaban J connectivity index is 2.24. The van der Waals surface area contributed by atoms with Crippen LogP contribution in [0.3, 0.4) is 0 Å². The molecule has 0 fully saturated rings. The Bertz CT molecular complexity index is 774. The summed E-state index contributed by atoms with van der Waals surface area (Å²) in [6.07, 6.45) is 1.24. The van der Waals surface area contributed by atoms with E-state index in [0.717, 1.165) is 0 Å². The van der Waals surface area contributed by atoms with E-state index in [4.69, 9.17) is 14.2 Å². The summed E-state index contributed by atoms with van der Waals surface area (Å²) in [5, 5.41) is 11.6. The Morgan fingerprint density at radius 3 is 2.42 bits per heavy atom. The summed E-state index contributed by atoms with van der Waals surface area (Å²) in [6, 6.07) is 1.54. The summed E-state index contributed by atoms with van der Waals surface area (Å²) in [5.41, 5.74) is 0.376. The number of hydrogen-bond donors (Lipinski definition) is 0. The standard InChI is InChI=1S/C17H20N2O7/c1-24-12-7-10-8-17(15(20)25-2,16(21)26-3)9-18-6-4-5-11(13(10)18)14(12)19(22)23/h7H,4-6,8-9H2,1-3H3. The zero-order chi connectivity index (χ0) is 19.1. The number of nitro benzene ring substituents is 1. The monoisotopic (exact) mass is 364 g/mol. The summed E-state index contributed by atoms with van der Waals surface area (Å²) < 4.78 is 15.0. The number of ether oxygens (including phenoxy) is 3. The highest BCUT2D eigenvalue weighted by Crippen LogP contribution is 2.48. The average molecular weight is 364 g/mol. The van der Waals surface area contributed by atoms with Crippen LogP contribution in [0.2, 0.25) is 0 Å². The SMILES string of the molecule is COC(=O)C1(C(=O)OC)Cc2cc(OC)c([N+](=O)[O-])c3c2N(CCC3)C1. The van der Waals surface area contributed by atoms with Crippen LogP contribution in [0, 0.1) is 15.5 Å². The number of hydrogen-bond acceptors (Lipinski definition) is 8. The molecule has 0 spiro atoms. The Morgan fingerprint density at radius 1 is 1.23 bits per heavy atom. The maximum absolute atomic E-state index is 12.5. The van der Waals surface area contributed by atoms with Crippen molar-refractivity contribution in [2.24, 2.45) is 5.41 Å². The van der Waals surface area contributed by atoms with E-state index in [1.165, 1.54) is 27.4 Å². The van der Waals surface area contributed by atoms with E-state index >= 15 is 0 Å². The van der Waals surface area contributed by atoms with Crippen LogP contribution >= 0.6 is 0 Å². The number of nitrogens with zero attached hydrogens (tertiary/aromatic N) is 2. The van der Waals surface area contributed by atoms with Crippen LogP contribution < -0.4 is 9.64 Å². The van der Waals surface area contributed by atoms with Gasteiger partial charge in [0, 0.05) is 19.5 Å². The fourth-order valence-electron chi connectivity index (χ4n) is 4.04. The summed E-state index contributed by atoms with van der Waals surface area (Å²) in [4.78, 5) is 38.0. The summed E-state index contributed by atoms with van der Waals surface area (Å²) in [5.74, 6) is -1.24. The third-order valence-corrected chi connectivity index (χ3v) is 5.09. The first-order valence-electron chi connectivity index (χ1n) is 8.18. The quantitative estimate of drug-likeness (QED) is 0.340. The molecule has 0 unspecified atom stereocenters. The third-order valence-electron chi connectivity index (χ3n) is 5.09. The van der Waals surface area contributed by atoms with Crippen molar-refractivity contribution in [1.29, 1.82) is 0 Å². The minimum absolute atomic E-state index is 0.0412. The molecule has 2 aliphatic heterocycles. The van der Waals surface area contributed by atoms with Gasteiger partial charge in [-0.2, -0.15) is 0 Å². The molecule has 0 saturated heterocycles. The van der Waals surface area contributed by atoms with Crippen molar-refractivity contribution >= 4 is 23.3 Å². The predicted molar refractivity (Wildman–Crippen MR) is 90.4 cm³/mol. The van der Waals surface area contributed by atoms with Crippen LogP contribution in [0.25, 0.3) is 0 Å². The van der Waals surface area contributed by atoms with Gasteiger partial charge in [0.25, 0.3) is 0 Å². The second-order valence-corrected chi connectivity index (χ2v) is 6.44. The highest BCUT2D eigenvalue weighted by Gasteiger charge is 2.54. The molecule has 0 atom stereocenters. The Morgan fingerprint density at radius 2 is 1.88 bits per heavy atom. The van der Waals surface area contributed by atoms with E-state index in [9.17, 15) is 19.7 Å². The van der Waals surface area contributed by atoms with Gasteiger partial charge in [0.15, 0.2) is 11.2 Å². The van der Waals surface area contributed by atoms with E-state index in [0.29, 0.717) is 36.2 Å². The van der Waals surface area contributed by atoms with E-state index in [1.807, 2.05) is 4.90 Å². The topological polar surface area (TPSA) is 108 Å². The maximum Gasteiger partial charge on any atom is 0.325 e. The molecule has 9 nitrogen and oxygen atoms in total. The van der Waals surface area contributed by atoms with Gasteiger partial charge in [0.05, 0.1) is 37.5 Å². The molecule has 2 aliphatic rings. The number of benzene rings is 1. The Labute approximate surface area is 150 Å². The predicted octanol–water partition coefficient (Wildman–Crippen LogP) is 1.24. The number of carbonyl (C=O) groups excluding carboxylic acids is 2. The average Bonchev–Trinajstić information content (AvgIpc) is 2.65. The van der Waals surface area contributed by atoms with Crippen LogP contribution in [-0.4, -0.2) is 51.3 Å². The maximum atomic E-state index is 12.5. The van der Waals surface area contributed by atoms with Crippen LogP contribution in [0.4, 0.5) is 11.4 Å². The first-order chi connectivity index (χ1) is 12.4. The second-order valence-electron chi connectivity index (χ2n) is 6.44. The number of esters is 2. The molecule has 0 amide bonds. The van der Waals surface area contributed by atoms with E-state index in [1.54, 1.807) is 0 Å². The molecule has 26 heavy (non-hydrogen) atoms. The highest BCUT2D eigenvalue weighted by atomic mass is 16.6. The molecular weight excluding hydrogens is 344 g/mol. The lowest BCUT2D eigenvalue weighted by atomic mass is 9.75. The van der Waals surface area contributed by atoms with Gasteiger partial charge in [-0.1, -0.05) is 0 Å². The second kappa shape index (κ2) is 6.47. The summed E-state index contributed by atoms with van der Waals surface area (Å²) >= 11 is 0. The van der Waals surface area contributed by atoms with Gasteiger partial charge in [-0.3, -0.25) is 19.7 Å². The van der Waals surface area contributed by atoms with E-state index < -0.39 is 22.3 Å². The largest absolute Gasteiger partial charge is 0.490 e. The zero-order valence-electron chi connectivity index (χ0n) is 14.9. The Hall–Kier alpha value is -2.84. The van der Waals surface area contributed by atoms with Gasteiger partial charge in [0.2, 0.25) is 0 Å². The lowest BCUT2D eigenvalue weighted by Crippen LogP contribution is -2.55. The van der Waals surface area contributed by atoms with Gasteiger partial charge in [0.1, 0.15) is 0 Å². The molecule has 2 heterocycles. The first-order valence-corrected chi connectivity index (χ1v) is 8.18. The van der Waals surface area contributed by atoms with Gasteiger partial charge < -0.3 is 19.1 Å². The Kier molecular flexibility index (Phi) is 4.47. The molecule has 3 rings (SSSR count). The molecule has 0 aromatic heterocycles. The molecule has 0 aliphatic carbocycles. The smallest absolute Gasteiger partial charge is 0.325 e. The molecule has 1 aromatic rings. The van der Waals surface area contributed by atoms with Gasteiger partial charge >= 0.3 is 17.6 Å². The molecule has 9 heteroatoms. The van der Waals surface area contributed by atoms with Crippen molar-refractivity contribution in [1.82, 2.24) is 0 Å². The molecular formula is C17H20N2O7. The lowest BCUT2D eigenvalue weighted by Gasteiger charge is -2.43. The third kappa shape index (κ3) is 2.46. The van der Waals surface area contributed by atoms with Crippen molar-refractivity contribution < 1.29 is 28.7 Å². The van der Waals surface area contributed by atoms with Crippen LogP contribution in [0.1, 0.15) is 17.5 Å². The fraction of sp³-hybridized carbons (Fsp3) is 0.529. The number of rotatable bonds is 4. The van der Waals surface area contributed by atoms with Crippen molar-refractivity contribution in [2.75, 3.05) is 39.3 Å². The molecule has 0 saturated carbocycles. The normalized spacial score (nSPS) is 17.1. The number of carbonyl (C=O) groups is 2. The lowest BCUT2D eigenvalue weighted by molar-refractivity contribution is -0.386. The van der Waals surface area contributed by atoms with Crippen molar-refractivity contribution in [3.8, 4) is 5.75 Å². The van der Waals surface area contributed by atoms with Crippen LogP contribution in [0.15, 0.2) is 6.07 Å². The number of nitro groups is 1. The first kappa shape index (κ1) is 18.0. The zero-order valence-corrected chi connectivity index (χ0v) is 14.9. The minimum atomic E-state index is -1.51. The molecule has 1 aromatic carbocycles. The van der Waals surface area contributed by atoms with E-state index in [2.05, 4.69) is 0 Å². The van der Waals surface area contributed by atoms with Crippen molar-refractivity contribution in [3.63, 3.8) is 0 Å². The van der Waals surface area contributed by atoms with Gasteiger partial charge in [-0.05, 0) is 24.5 Å². The number of methoxy groups -OCH3 is 3. The fourth-order valence-corrected chi connectivity index (χ4v) is 4.04. The molecule has 140 valence electrons. The molecule has 0 radical (unpaired) electrons. The van der Waals surface area contributed by atoms with Gasteiger partial charge in [-0.15, -0.1) is 0 Å². The summed E-state index contributed by atoms with van der Waals surface area (Å²) in [6.45, 7) is 0.648.